The molecule has 19 heavy (non-hydrogen) atoms. The molecule has 0 heterocycles. The summed E-state index contributed by atoms with van der Waals surface area (Å²) in [6, 6.07) is 4.15. The lowest BCUT2D eigenvalue weighted by molar-refractivity contribution is -0.153. The number of benzene rings is 1. The van der Waals surface area contributed by atoms with Gasteiger partial charge in [0.25, 0.3) is 0 Å². The summed E-state index contributed by atoms with van der Waals surface area (Å²) in [5, 5.41) is 8.97. The molecule has 7 heteroatoms. The van der Waals surface area contributed by atoms with Crippen molar-refractivity contribution in [3.8, 4) is 0 Å². The highest BCUT2D eigenvalue weighted by Crippen LogP contribution is 2.31. The number of carboxylic acids is 1. The van der Waals surface area contributed by atoms with Crippen molar-refractivity contribution in [3.05, 3.63) is 35.4 Å². The number of carbonyl (C=O) groups excluding carboxylic acids is 1. The van der Waals surface area contributed by atoms with Crippen LogP contribution in [0.1, 0.15) is 18.1 Å². The number of hydrogen-bond donors (Lipinski definition) is 2. The molecule has 0 bridgehead atoms. The van der Waals surface area contributed by atoms with Crippen molar-refractivity contribution in [3.63, 3.8) is 0 Å². The maximum atomic E-state index is 12.5. The first-order valence-electron chi connectivity index (χ1n) is 5.27. The Labute approximate surface area is 107 Å². The molecule has 0 radical (unpaired) electrons. The third kappa shape index (κ3) is 3.24. The largest absolute Gasteiger partial charge is 0.480 e. The number of rotatable bonds is 4. The van der Waals surface area contributed by atoms with Crippen molar-refractivity contribution in [1.82, 2.24) is 0 Å². The fourth-order valence-electron chi connectivity index (χ4n) is 1.53. The van der Waals surface area contributed by atoms with Crippen LogP contribution >= 0.6 is 0 Å². The minimum atomic E-state index is -4.53. The van der Waals surface area contributed by atoms with Gasteiger partial charge >= 0.3 is 12.1 Å². The van der Waals surface area contributed by atoms with Crippen LogP contribution in [-0.2, 0) is 22.2 Å². The summed E-state index contributed by atoms with van der Waals surface area (Å²) in [6.07, 6.45) is -4.93. The molecule has 0 aromatic heterocycles. The zero-order chi connectivity index (χ0) is 14.8. The van der Waals surface area contributed by atoms with Gasteiger partial charge in [-0.15, -0.1) is 0 Å². The lowest BCUT2D eigenvalue weighted by Crippen LogP contribution is -2.43. The maximum Gasteiger partial charge on any atom is 0.416 e. The molecule has 1 amide bonds. The van der Waals surface area contributed by atoms with Gasteiger partial charge in [-0.05, 0) is 25.0 Å². The Morgan fingerprint density at radius 2 is 1.89 bits per heavy atom. The summed E-state index contributed by atoms with van der Waals surface area (Å²) in [4.78, 5) is 22.2. The monoisotopic (exact) mass is 275 g/mol. The van der Waals surface area contributed by atoms with Gasteiger partial charge in [0.05, 0.1) is 5.56 Å². The number of aliphatic carboxylic acids is 1. The molecule has 1 unspecified atom stereocenters. The van der Waals surface area contributed by atoms with E-state index in [0.717, 1.165) is 25.1 Å². The fourth-order valence-corrected chi connectivity index (χ4v) is 1.53. The Morgan fingerprint density at radius 3 is 2.32 bits per heavy atom. The molecule has 0 saturated heterocycles. The predicted molar refractivity (Wildman–Crippen MR) is 60.1 cm³/mol. The molecule has 0 fully saturated rings. The molecule has 4 nitrogen and oxygen atoms in total. The molecule has 104 valence electrons. The van der Waals surface area contributed by atoms with Crippen LogP contribution < -0.4 is 5.73 Å². The lowest BCUT2D eigenvalue weighted by atomic mass is 9.82. The van der Waals surface area contributed by atoms with Gasteiger partial charge in [-0.25, -0.2) is 0 Å². The SMILES string of the molecule is CC(Cc1cccc(C(F)(F)F)c1)(C(N)=O)C(=O)O. The van der Waals surface area contributed by atoms with E-state index in [1.165, 1.54) is 6.07 Å². The van der Waals surface area contributed by atoms with E-state index in [-0.39, 0.29) is 5.56 Å². The smallest absolute Gasteiger partial charge is 0.416 e. The third-order valence-electron chi connectivity index (χ3n) is 2.83. The van der Waals surface area contributed by atoms with Gasteiger partial charge in [-0.3, -0.25) is 9.59 Å². The van der Waals surface area contributed by atoms with Crippen LogP contribution in [0.4, 0.5) is 13.2 Å². The zero-order valence-corrected chi connectivity index (χ0v) is 9.99. The van der Waals surface area contributed by atoms with Gasteiger partial charge in [-0.2, -0.15) is 13.2 Å². The van der Waals surface area contributed by atoms with Gasteiger partial charge < -0.3 is 10.8 Å². The van der Waals surface area contributed by atoms with Crippen molar-refractivity contribution in [1.29, 1.82) is 0 Å². The van der Waals surface area contributed by atoms with Gasteiger partial charge in [0.2, 0.25) is 5.91 Å². The van der Waals surface area contributed by atoms with Gasteiger partial charge in [0.1, 0.15) is 5.41 Å². The average molecular weight is 275 g/mol. The Hall–Kier alpha value is -2.05. The molecule has 1 rings (SSSR count). The Bertz CT molecular complexity index is 497. The van der Waals surface area contributed by atoms with Gasteiger partial charge in [0, 0.05) is 0 Å². The van der Waals surface area contributed by atoms with Crippen LogP contribution in [0, 0.1) is 5.41 Å². The molecule has 3 N–H and O–H groups in total. The summed E-state index contributed by atoms with van der Waals surface area (Å²) in [5.41, 5.74) is 2.24. The highest BCUT2D eigenvalue weighted by molar-refractivity contribution is 6.00. The first-order valence-corrected chi connectivity index (χ1v) is 5.27. The number of hydrogen-bond acceptors (Lipinski definition) is 2. The second kappa shape index (κ2) is 4.91. The number of primary amides is 1. The quantitative estimate of drug-likeness (QED) is 0.822. The number of alkyl halides is 3. The lowest BCUT2D eigenvalue weighted by Gasteiger charge is -2.21. The van der Waals surface area contributed by atoms with Crippen LogP contribution in [0.3, 0.4) is 0 Å². The van der Waals surface area contributed by atoms with E-state index < -0.39 is 35.5 Å². The van der Waals surface area contributed by atoms with Crippen LogP contribution in [0.2, 0.25) is 0 Å². The van der Waals surface area contributed by atoms with E-state index in [1.54, 1.807) is 0 Å². The van der Waals surface area contributed by atoms with E-state index >= 15 is 0 Å². The molecule has 1 atom stereocenters. The van der Waals surface area contributed by atoms with Gasteiger partial charge in [0.15, 0.2) is 0 Å². The van der Waals surface area contributed by atoms with E-state index in [0.29, 0.717) is 0 Å². The molecule has 0 aliphatic carbocycles. The molecule has 0 aliphatic rings. The highest BCUT2D eigenvalue weighted by atomic mass is 19.4. The molecule has 1 aromatic carbocycles. The van der Waals surface area contributed by atoms with Crippen molar-refractivity contribution in [2.24, 2.45) is 11.1 Å². The van der Waals surface area contributed by atoms with Crippen LogP contribution in [0.15, 0.2) is 24.3 Å². The van der Waals surface area contributed by atoms with Gasteiger partial charge in [-0.1, -0.05) is 18.2 Å². The molecular weight excluding hydrogens is 263 g/mol. The topological polar surface area (TPSA) is 80.4 Å². The molecular formula is C12H12F3NO3. The number of amides is 1. The van der Waals surface area contributed by atoms with Crippen LogP contribution in [0.25, 0.3) is 0 Å². The van der Waals surface area contributed by atoms with E-state index in [2.05, 4.69) is 0 Å². The summed E-state index contributed by atoms with van der Waals surface area (Å²) in [5.74, 6) is -2.57. The molecule has 1 aromatic rings. The minimum absolute atomic E-state index is 0.0820. The van der Waals surface area contributed by atoms with Crippen LogP contribution in [-0.4, -0.2) is 17.0 Å². The Morgan fingerprint density at radius 1 is 1.32 bits per heavy atom. The molecule has 0 spiro atoms. The second-order valence-corrected chi connectivity index (χ2v) is 4.38. The van der Waals surface area contributed by atoms with Crippen molar-refractivity contribution in [2.75, 3.05) is 0 Å². The van der Waals surface area contributed by atoms with Crippen LogP contribution in [0.5, 0.6) is 0 Å². The predicted octanol–water partition coefficient (Wildman–Crippen LogP) is 1.82. The molecule has 0 aliphatic heterocycles. The van der Waals surface area contributed by atoms with E-state index in [1.807, 2.05) is 0 Å². The standard InChI is InChI=1S/C12H12F3NO3/c1-11(9(16)17,10(18)19)6-7-3-2-4-8(5-7)12(13,14)15/h2-5H,6H2,1H3,(H2,16,17)(H,18,19). The fraction of sp³-hybridized carbons (Fsp3) is 0.333. The second-order valence-electron chi connectivity index (χ2n) is 4.38. The Balaban J connectivity index is 3.12. The first-order chi connectivity index (χ1) is 8.57. The summed E-state index contributed by atoms with van der Waals surface area (Å²) < 4.78 is 37.5. The van der Waals surface area contributed by atoms with E-state index in [4.69, 9.17) is 10.8 Å². The zero-order valence-electron chi connectivity index (χ0n) is 9.99. The van der Waals surface area contributed by atoms with Crippen molar-refractivity contribution < 1.29 is 27.9 Å². The minimum Gasteiger partial charge on any atom is -0.480 e. The summed E-state index contributed by atoms with van der Waals surface area (Å²) in [7, 11) is 0. The summed E-state index contributed by atoms with van der Waals surface area (Å²) in [6.45, 7) is 1.08. The number of nitrogens with two attached hydrogens (primary N) is 1. The molecule has 0 saturated carbocycles. The summed E-state index contributed by atoms with van der Waals surface area (Å²) >= 11 is 0. The normalized spacial score (nSPS) is 14.7. The number of carboxylic acid groups (broad SMARTS) is 1. The van der Waals surface area contributed by atoms with Crippen molar-refractivity contribution in [2.45, 2.75) is 19.5 Å². The first kappa shape index (κ1) is 15.0. The highest BCUT2D eigenvalue weighted by Gasteiger charge is 2.40. The van der Waals surface area contributed by atoms with E-state index in [9.17, 15) is 22.8 Å². The average Bonchev–Trinajstić information content (AvgIpc) is 2.27. The van der Waals surface area contributed by atoms with Crippen molar-refractivity contribution >= 4 is 11.9 Å². The maximum absolute atomic E-state index is 12.5. The Kier molecular flexibility index (Phi) is 3.88. The number of halogens is 3. The third-order valence-corrected chi connectivity index (χ3v) is 2.83. The number of carbonyl (C=O) groups is 2.